The van der Waals surface area contributed by atoms with Crippen molar-refractivity contribution in [3.63, 3.8) is 0 Å². The largest absolute Gasteiger partial charge is 0.493 e. The summed E-state index contributed by atoms with van der Waals surface area (Å²) in [5.41, 5.74) is 2.43. The van der Waals surface area contributed by atoms with Crippen molar-refractivity contribution in [1.29, 1.82) is 0 Å². The van der Waals surface area contributed by atoms with Crippen LogP contribution in [0.4, 0.5) is 5.69 Å². The van der Waals surface area contributed by atoms with Crippen LogP contribution in [0.2, 0.25) is 0 Å². The van der Waals surface area contributed by atoms with Crippen LogP contribution < -0.4 is 14.8 Å². The Morgan fingerprint density at radius 1 is 1.17 bits per heavy atom. The number of carbonyl (C=O) groups excluding carboxylic acids is 2. The Kier molecular flexibility index (Phi) is 6.56. The smallest absolute Gasteiger partial charge is 0.266 e. The molecule has 0 bridgehead atoms. The van der Waals surface area contributed by atoms with Gasteiger partial charge in [0.1, 0.15) is 10.9 Å². The van der Waals surface area contributed by atoms with Crippen molar-refractivity contribution >= 4 is 51.9 Å². The molecule has 1 saturated heterocycles. The number of para-hydroxylation sites is 1. The molecule has 2 aromatic rings. The first kappa shape index (κ1) is 20.9. The van der Waals surface area contributed by atoms with Crippen LogP contribution in [0, 0.1) is 6.92 Å². The van der Waals surface area contributed by atoms with Crippen molar-refractivity contribution < 1.29 is 19.1 Å². The lowest BCUT2D eigenvalue weighted by atomic mass is 10.2. The maximum absolute atomic E-state index is 12.8. The van der Waals surface area contributed by atoms with Gasteiger partial charge in [-0.3, -0.25) is 14.5 Å². The van der Waals surface area contributed by atoms with E-state index in [9.17, 15) is 9.59 Å². The number of nitrogens with zero attached hydrogens (tertiary/aromatic N) is 1. The fraction of sp³-hybridized carbons (Fsp3) is 0.190. The normalized spacial score (nSPS) is 15.0. The molecule has 29 heavy (non-hydrogen) atoms. The van der Waals surface area contributed by atoms with Gasteiger partial charge in [0.15, 0.2) is 11.5 Å². The third kappa shape index (κ3) is 4.78. The van der Waals surface area contributed by atoms with E-state index in [-0.39, 0.29) is 18.4 Å². The van der Waals surface area contributed by atoms with Crippen molar-refractivity contribution in [3.05, 3.63) is 58.5 Å². The maximum Gasteiger partial charge on any atom is 0.266 e. The van der Waals surface area contributed by atoms with E-state index in [4.69, 9.17) is 21.7 Å². The second-order valence-corrected chi connectivity index (χ2v) is 7.92. The molecule has 0 saturated carbocycles. The van der Waals surface area contributed by atoms with Crippen LogP contribution in [0.5, 0.6) is 11.5 Å². The van der Waals surface area contributed by atoms with Gasteiger partial charge in [-0.2, -0.15) is 0 Å². The summed E-state index contributed by atoms with van der Waals surface area (Å²) in [5.74, 6) is 0.567. The molecule has 8 heteroatoms. The molecule has 0 unspecified atom stereocenters. The third-order valence-corrected chi connectivity index (χ3v) is 5.68. The number of hydrogen-bond acceptors (Lipinski definition) is 6. The second kappa shape index (κ2) is 9.11. The number of methoxy groups -OCH3 is 2. The van der Waals surface area contributed by atoms with Gasteiger partial charge in [0.05, 0.1) is 19.1 Å². The Morgan fingerprint density at radius 3 is 2.59 bits per heavy atom. The average molecular weight is 429 g/mol. The van der Waals surface area contributed by atoms with E-state index in [1.807, 2.05) is 37.3 Å². The van der Waals surface area contributed by atoms with E-state index in [2.05, 4.69) is 5.32 Å². The molecular weight excluding hydrogens is 408 g/mol. The fourth-order valence-electron chi connectivity index (χ4n) is 2.78. The van der Waals surface area contributed by atoms with E-state index in [1.54, 1.807) is 32.4 Å². The number of amides is 2. The Morgan fingerprint density at radius 2 is 1.90 bits per heavy atom. The van der Waals surface area contributed by atoms with Crippen molar-refractivity contribution in [1.82, 2.24) is 4.90 Å². The molecule has 0 aromatic heterocycles. The molecule has 2 amide bonds. The summed E-state index contributed by atoms with van der Waals surface area (Å²) in [5, 5.41) is 2.82. The summed E-state index contributed by atoms with van der Waals surface area (Å²) < 4.78 is 10.9. The summed E-state index contributed by atoms with van der Waals surface area (Å²) in [7, 11) is 3.11. The number of hydrogen-bond donors (Lipinski definition) is 1. The van der Waals surface area contributed by atoms with E-state index in [1.165, 1.54) is 16.7 Å². The van der Waals surface area contributed by atoms with Gasteiger partial charge in [-0.05, 0) is 42.3 Å². The lowest BCUT2D eigenvalue weighted by molar-refractivity contribution is -0.126. The van der Waals surface area contributed by atoms with Crippen LogP contribution in [0.1, 0.15) is 11.1 Å². The minimum atomic E-state index is -0.303. The number of anilines is 1. The monoisotopic (exact) mass is 428 g/mol. The molecular formula is C21H20N2O4S2. The van der Waals surface area contributed by atoms with Crippen LogP contribution in [0.25, 0.3) is 6.08 Å². The quantitative estimate of drug-likeness (QED) is 0.557. The molecule has 1 N–H and O–H groups in total. The highest BCUT2D eigenvalue weighted by Crippen LogP contribution is 2.34. The standard InChI is InChI=1S/C21H20N2O4S2/c1-13-6-4-5-7-15(13)22-19(24)12-23-20(25)18(29-21(23)28)11-14-8-9-16(26-2)17(10-14)27-3/h4-11H,12H2,1-3H3,(H,22,24). The minimum Gasteiger partial charge on any atom is -0.493 e. The van der Waals surface area contributed by atoms with Gasteiger partial charge in [-0.25, -0.2) is 0 Å². The van der Waals surface area contributed by atoms with Crippen LogP contribution in [0.3, 0.4) is 0 Å². The molecule has 0 aliphatic carbocycles. The van der Waals surface area contributed by atoms with Gasteiger partial charge < -0.3 is 14.8 Å². The Bertz CT molecular complexity index is 1000. The summed E-state index contributed by atoms with van der Waals surface area (Å²) in [6.07, 6.45) is 1.72. The van der Waals surface area contributed by atoms with E-state index >= 15 is 0 Å². The van der Waals surface area contributed by atoms with E-state index in [0.717, 1.165) is 11.1 Å². The number of aryl methyl sites for hydroxylation is 1. The van der Waals surface area contributed by atoms with Gasteiger partial charge in [0.25, 0.3) is 5.91 Å². The lowest BCUT2D eigenvalue weighted by Gasteiger charge is -2.15. The Labute approximate surface area is 178 Å². The van der Waals surface area contributed by atoms with Crippen molar-refractivity contribution in [2.45, 2.75) is 6.92 Å². The number of thiocarbonyl (C=S) groups is 1. The van der Waals surface area contributed by atoms with Gasteiger partial charge >= 0.3 is 0 Å². The minimum absolute atomic E-state index is 0.137. The van der Waals surface area contributed by atoms with Crippen LogP contribution in [-0.4, -0.2) is 41.8 Å². The molecule has 6 nitrogen and oxygen atoms in total. The second-order valence-electron chi connectivity index (χ2n) is 6.25. The Hall–Kier alpha value is -2.84. The number of thioether (sulfide) groups is 1. The third-order valence-electron chi connectivity index (χ3n) is 4.30. The summed E-state index contributed by atoms with van der Waals surface area (Å²) in [6.45, 7) is 1.77. The number of rotatable bonds is 6. The summed E-state index contributed by atoms with van der Waals surface area (Å²) >= 11 is 6.48. The highest BCUT2D eigenvalue weighted by molar-refractivity contribution is 8.26. The van der Waals surface area contributed by atoms with Crippen molar-refractivity contribution in [3.8, 4) is 11.5 Å². The van der Waals surface area contributed by atoms with Crippen molar-refractivity contribution in [2.24, 2.45) is 0 Å². The molecule has 0 radical (unpaired) electrons. The number of nitrogens with one attached hydrogen (secondary N) is 1. The Balaban J connectivity index is 1.73. The number of carbonyl (C=O) groups is 2. The number of ether oxygens (including phenoxy) is 2. The molecule has 1 aliphatic rings. The zero-order valence-electron chi connectivity index (χ0n) is 16.2. The van der Waals surface area contributed by atoms with Crippen LogP contribution in [0.15, 0.2) is 47.4 Å². The number of benzene rings is 2. The predicted molar refractivity (Wildman–Crippen MR) is 119 cm³/mol. The van der Waals surface area contributed by atoms with Gasteiger partial charge in [0.2, 0.25) is 5.91 Å². The molecule has 2 aromatic carbocycles. The molecule has 150 valence electrons. The highest BCUT2D eigenvalue weighted by Gasteiger charge is 2.33. The lowest BCUT2D eigenvalue weighted by Crippen LogP contribution is -2.36. The summed E-state index contributed by atoms with van der Waals surface area (Å²) in [6, 6.07) is 12.8. The van der Waals surface area contributed by atoms with Gasteiger partial charge in [-0.1, -0.05) is 48.2 Å². The highest BCUT2D eigenvalue weighted by atomic mass is 32.2. The summed E-state index contributed by atoms with van der Waals surface area (Å²) in [4.78, 5) is 26.9. The molecule has 1 heterocycles. The topological polar surface area (TPSA) is 67.9 Å². The van der Waals surface area contributed by atoms with Crippen molar-refractivity contribution in [2.75, 3.05) is 26.1 Å². The molecule has 3 rings (SSSR count). The van der Waals surface area contributed by atoms with E-state index in [0.29, 0.717) is 26.4 Å². The first-order valence-corrected chi connectivity index (χ1v) is 9.98. The van der Waals surface area contributed by atoms with Gasteiger partial charge in [0, 0.05) is 5.69 Å². The fourth-order valence-corrected chi connectivity index (χ4v) is 4.03. The SMILES string of the molecule is COc1ccc(C=C2SC(=S)N(CC(=O)Nc3ccccc3C)C2=O)cc1OC. The molecule has 1 fully saturated rings. The first-order valence-electron chi connectivity index (χ1n) is 8.76. The molecule has 0 spiro atoms. The molecule has 0 atom stereocenters. The zero-order valence-corrected chi connectivity index (χ0v) is 17.9. The van der Waals surface area contributed by atoms with Gasteiger partial charge in [-0.15, -0.1) is 0 Å². The molecule has 1 aliphatic heterocycles. The van der Waals surface area contributed by atoms with Crippen LogP contribution in [-0.2, 0) is 9.59 Å². The van der Waals surface area contributed by atoms with E-state index < -0.39 is 0 Å². The predicted octanol–water partition coefficient (Wildman–Crippen LogP) is 3.85. The maximum atomic E-state index is 12.8. The first-order chi connectivity index (χ1) is 13.9. The zero-order chi connectivity index (χ0) is 21.0. The average Bonchev–Trinajstić information content (AvgIpc) is 2.97. The van der Waals surface area contributed by atoms with Crippen LogP contribution >= 0.6 is 24.0 Å².